The molecule has 3 fully saturated rings. The quantitative estimate of drug-likeness (QED) is 0.123. The molecule has 8 rings (SSSR count). The molecule has 3 saturated heterocycles. The number of ketones is 1. The van der Waals surface area contributed by atoms with Crippen molar-refractivity contribution < 1.29 is 36.4 Å². The van der Waals surface area contributed by atoms with Gasteiger partial charge in [-0.15, -0.1) is 0 Å². The van der Waals surface area contributed by atoms with E-state index in [4.69, 9.17) is 4.98 Å². The van der Waals surface area contributed by atoms with E-state index in [0.29, 0.717) is 54.1 Å². The van der Waals surface area contributed by atoms with Gasteiger partial charge in [-0.2, -0.15) is 12.7 Å². The molecule has 0 bridgehead atoms. The summed E-state index contributed by atoms with van der Waals surface area (Å²) in [4.78, 5) is 68.5. The van der Waals surface area contributed by atoms with Gasteiger partial charge in [0.05, 0.1) is 11.3 Å². The van der Waals surface area contributed by atoms with Crippen molar-refractivity contribution in [3.8, 4) is 11.1 Å². The maximum atomic E-state index is 15.6. The van der Waals surface area contributed by atoms with Crippen LogP contribution in [0.3, 0.4) is 0 Å². The molecular formula is C44H47F2N9O6S. The summed E-state index contributed by atoms with van der Waals surface area (Å²) in [5.74, 6) is -2.12. The Bertz CT molecular complexity index is 2630. The number of halogens is 2. The average Bonchev–Trinajstić information content (AvgIpc) is 3.71. The number of pyridine rings is 2. The number of amides is 4. The zero-order valence-corrected chi connectivity index (χ0v) is 35.2. The third kappa shape index (κ3) is 8.74. The van der Waals surface area contributed by atoms with E-state index in [9.17, 15) is 27.6 Å². The highest BCUT2D eigenvalue weighted by molar-refractivity contribution is 7.90. The lowest BCUT2D eigenvalue weighted by atomic mass is 9.88. The van der Waals surface area contributed by atoms with Gasteiger partial charge in [-0.25, -0.2) is 23.5 Å². The first-order chi connectivity index (χ1) is 29.8. The summed E-state index contributed by atoms with van der Waals surface area (Å²) in [6.07, 6.45) is 8.89. The maximum Gasteiger partial charge on any atom is 0.328 e. The van der Waals surface area contributed by atoms with E-state index in [1.54, 1.807) is 30.3 Å². The van der Waals surface area contributed by atoms with E-state index in [-0.39, 0.29) is 36.3 Å². The molecule has 5 aromatic rings. The first-order valence-corrected chi connectivity index (χ1v) is 22.2. The number of H-pyrrole nitrogens is 1. The first kappa shape index (κ1) is 42.4. The Hall–Kier alpha value is -6.27. The number of carbonyl (C=O) groups is 4. The van der Waals surface area contributed by atoms with Gasteiger partial charge in [0.2, 0.25) is 17.6 Å². The van der Waals surface area contributed by atoms with Gasteiger partial charge in [0.15, 0.2) is 5.82 Å². The number of urea groups is 1. The smallest absolute Gasteiger partial charge is 0.328 e. The molecular weight excluding hydrogens is 821 g/mol. The topological polar surface area (TPSA) is 181 Å². The molecule has 3 aromatic heterocycles. The van der Waals surface area contributed by atoms with Crippen LogP contribution < -0.4 is 19.8 Å². The molecule has 3 aliphatic heterocycles. The minimum atomic E-state index is -4.14. The number of rotatable bonds is 12. The van der Waals surface area contributed by atoms with Crippen LogP contribution in [0, 0.1) is 17.6 Å². The number of piperidine rings is 2. The number of nitrogens with one attached hydrogen (secondary N) is 3. The van der Waals surface area contributed by atoms with Gasteiger partial charge in [-0.3, -0.25) is 29.3 Å². The van der Waals surface area contributed by atoms with E-state index in [1.807, 2.05) is 41.3 Å². The molecule has 0 spiro atoms. The number of fused-ring (bicyclic) bond motifs is 1. The molecule has 0 radical (unpaired) electrons. The fraction of sp³-hybridized carbons (Fsp3) is 0.364. The second-order valence-electron chi connectivity index (χ2n) is 16.0. The molecule has 324 valence electrons. The molecule has 4 amide bonds. The Morgan fingerprint density at radius 1 is 0.903 bits per heavy atom. The maximum absolute atomic E-state index is 15.6. The van der Waals surface area contributed by atoms with Crippen LogP contribution in [-0.2, 0) is 19.8 Å². The minimum absolute atomic E-state index is 0.0393. The predicted octanol–water partition coefficient (Wildman–Crippen LogP) is 6.20. The van der Waals surface area contributed by atoms with Gasteiger partial charge in [0, 0.05) is 106 Å². The van der Waals surface area contributed by atoms with Crippen LogP contribution in [0.25, 0.3) is 22.2 Å². The van der Waals surface area contributed by atoms with Gasteiger partial charge in [0.25, 0.3) is 0 Å². The van der Waals surface area contributed by atoms with Crippen LogP contribution in [0.4, 0.5) is 30.8 Å². The monoisotopic (exact) mass is 867 g/mol. The van der Waals surface area contributed by atoms with E-state index in [0.717, 1.165) is 66.7 Å². The number of hydrogen-bond donors (Lipinski definition) is 3. The van der Waals surface area contributed by atoms with E-state index in [2.05, 4.69) is 24.9 Å². The summed E-state index contributed by atoms with van der Waals surface area (Å²) in [6.45, 7) is 4.98. The number of imide groups is 1. The lowest BCUT2D eigenvalue weighted by Crippen LogP contribution is -2.49. The van der Waals surface area contributed by atoms with Crippen LogP contribution in [0.15, 0.2) is 73.2 Å². The predicted molar refractivity (Wildman–Crippen MR) is 230 cm³/mol. The van der Waals surface area contributed by atoms with Gasteiger partial charge < -0.3 is 14.8 Å². The fourth-order valence-corrected chi connectivity index (χ4v) is 9.33. The Labute approximate surface area is 357 Å². The Kier molecular flexibility index (Phi) is 12.0. The summed E-state index contributed by atoms with van der Waals surface area (Å²) < 4.78 is 58.8. The number of nitrogens with zero attached hydrogens (tertiary/aromatic N) is 6. The Balaban J connectivity index is 0.845. The zero-order valence-electron chi connectivity index (χ0n) is 34.4. The van der Waals surface area contributed by atoms with Crippen LogP contribution >= 0.6 is 0 Å². The fourth-order valence-electron chi connectivity index (χ4n) is 8.40. The molecule has 2 aromatic carbocycles. The molecule has 3 N–H and O–H groups in total. The van der Waals surface area contributed by atoms with Crippen LogP contribution in [0.5, 0.6) is 0 Å². The largest absolute Gasteiger partial charge is 0.357 e. The number of carbonyl (C=O) groups excluding carboxylic acids is 4. The molecule has 15 nitrogen and oxygen atoms in total. The van der Waals surface area contributed by atoms with Crippen LogP contribution in [-0.4, -0.2) is 103 Å². The van der Waals surface area contributed by atoms with Crippen molar-refractivity contribution in [3.63, 3.8) is 0 Å². The van der Waals surface area contributed by atoms with Crippen LogP contribution in [0.2, 0.25) is 0 Å². The van der Waals surface area contributed by atoms with Crippen LogP contribution in [0.1, 0.15) is 72.9 Å². The third-order valence-corrected chi connectivity index (χ3v) is 13.8. The number of aromatic nitrogens is 3. The van der Waals surface area contributed by atoms with Gasteiger partial charge in [-0.05, 0) is 85.5 Å². The number of anilines is 3. The SMILES string of the molecule is CCN(C)S(=O)(=O)Nc1ccc(F)c(C(=O)c2c[nH]c3ncc(-c4ccc(N5CCC(CC(=O)N6CCC(c7ccc(N8CCC(=O)NC8=O)cc7)CC6)CC5)nc4)cc23)c1F. The van der Waals surface area contributed by atoms with E-state index < -0.39 is 44.9 Å². The number of hydrogen-bond acceptors (Lipinski definition) is 9. The molecule has 3 aliphatic rings. The number of benzene rings is 2. The highest BCUT2D eigenvalue weighted by Crippen LogP contribution is 2.33. The standard InChI is InChI=1S/C44H47F2N9O6S/c1-3-52(2)62(60,61)51-36-10-9-35(45)40(41(36)46)42(58)34-26-49-43-33(34)23-31(25-48-43)30-6-11-37(47-24-30)53-17-12-27(13-18-53)22-39(57)54-19-14-29(15-20-54)28-4-7-32(8-5-28)55-21-16-38(56)50-44(55)59/h4-11,23-27,29,51H,3,12-22H2,1-2H3,(H,48,49)(H,50,56,59). The van der Waals surface area contributed by atoms with Gasteiger partial charge in [-0.1, -0.05) is 19.1 Å². The van der Waals surface area contributed by atoms with E-state index >= 15 is 8.78 Å². The molecule has 6 heterocycles. The summed E-state index contributed by atoms with van der Waals surface area (Å²) in [7, 11) is -2.84. The Morgan fingerprint density at radius 3 is 2.31 bits per heavy atom. The first-order valence-electron chi connectivity index (χ1n) is 20.7. The highest BCUT2D eigenvalue weighted by Gasteiger charge is 2.30. The number of aromatic amines is 1. The van der Waals surface area contributed by atoms with Crippen molar-refractivity contribution in [2.75, 3.05) is 60.8 Å². The minimum Gasteiger partial charge on any atom is -0.357 e. The molecule has 18 heteroatoms. The van der Waals surface area contributed by atoms with Crippen molar-refractivity contribution in [1.29, 1.82) is 0 Å². The average molecular weight is 868 g/mol. The lowest BCUT2D eigenvalue weighted by Gasteiger charge is -2.36. The molecule has 0 atom stereocenters. The van der Waals surface area contributed by atoms with Gasteiger partial charge >= 0.3 is 16.2 Å². The number of likely N-dealkylation sites (tertiary alicyclic amines) is 1. The van der Waals surface area contributed by atoms with Crippen molar-refractivity contribution in [1.82, 2.24) is 29.5 Å². The summed E-state index contributed by atoms with van der Waals surface area (Å²) in [6, 6.07) is 14.8. The van der Waals surface area contributed by atoms with E-state index in [1.165, 1.54) is 18.8 Å². The third-order valence-electron chi connectivity index (χ3n) is 12.2. The molecule has 0 aliphatic carbocycles. The molecule has 0 saturated carbocycles. The molecule has 0 unspecified atom stereocenters. The van der Waals surface area contributed by atoms with Crippen molar-refractivity contribution >= 4 is 62.1 Å². The van der Waals surface area contributed by atoms with Gasteiger partial charge in [0.1, 0.15) is 17.3 Å². The second-order valence-corrected chi connectivity index (χ2v) is 17.8. The Morgan fingerprint density at radius 2 is 1.63 bits per heavy atom. The van der Waals surface area contributed by atoms with Crippen molar-refractivity contribution in [3.05, 3.63) is 102 Å². The molecule has 62 heavy (non-hydrogen) atoms. The lowest BCUT2D eigenvalue weighted by molar-refractivity contribution is -0.133. The van der Waals surface area contributed by atoms with Crippen molar-refractivity contribution in [2.24, 2.45) is 5.92 Å². The second kappa shape index (κ2) is 17.6. The summed E-state index contributed by atoms with van der Waals surface area (Å²) in [5.41, 5.74) is 2.10. The highest BCUT2D eigenvalue weighted by atomic mass is 32.2. The summed E-state index contributed by atoms with van der Waals surface area (Å²) >= 11 is 0. The summed E-state index contributed by atoms with van der Waals surface area (Å²) in [5, 5.41) is 2.68. The zero-order chi connectivity index (χ0) is 43.7. The normalized spacial score (nSPS) is 16.9. The van der Waals surface area contributed by atoms with Crippen molar-refractivity contribution in [2.45, 2.75) is 51.4 Å².